The molecule has 29 heavy (non-hydrogen) atoms. The molecule has 6 nitrogen and oxygen atoms in total. The molecular weight excluding hydrogens is 437 g/mol. The van der Waals surface area contributed by atoms with E-state index < -0.39 is 23.8 Å². The summed E-state index contributed by atoms with van der Waals surface area (Å²) in [6, 6.07) is 9.86. The van der Waals surface area contributed by atoms with Gasteiger partial charge in [-0.05, 0) is 48.7 Å². The van der Waals surface area contributed by atoms with E-state index in [1.165, 1.54) is 24.3 Å². The quantitative estimate of drug-likeness (QED) is 0.568. The Morgan fingerprint density at radius 1 is 0.897 bits per heavy atom. The highest BCUT2D eigenvalue weighted by atomic mass is 35.5. The summed E-state index contributed by atoms with van der Waals surface area (Å²) in [5.74, 6) is -1.51. The summed E-state index contributed by atoms with van der Waals surface area (Å²) in [7, 11) is 0. The van der Waals surface area contributed by atoms with Crippen LogP contribution in [0, 0.1) is 5.92 Å². The fourth-order valence-electron chi connectivity index (χ4n) is 2.52. The maximum Gasteiger partial charge on any atom is 0.269 e. The van der Waals surface area contributed by atoms with Crippen molar-refractivity contribution in [2.45, 2.75) is 26.3 Å². The van der Waals surface area contributed by atoms with E-state index in [-0.39, 0.29) is 22.1 Å². The van der Waals surface area contributed by atoms with E-state index in [1.54, 1.807) is 18.2 Å². The lowest BCUT2D eigenvalue weighted by molar-refractivity contribution is -0.124. The van der Waals surface area contributed by atoms with E-state index in [1.807, 2.05) is 13.8 Å². The van der Waals surface area contributed by atoms with Crippen molar-refractivity contribution in [1.29, 1.82) is 0 Å². The Hall–Kier alpha value is -2.28. The van der Waals surface area contributed by atoms with Crippen molar-refractivity contribution >= 4 is 52.5 Å². The van der Waals surface area contributed by atoms with Gasteiger partial charge in [-0.3, -0.25) is 25.2 Å². The number of benzene rings is 2. The number of rotatable bonds is 6. The van der Waals surface area contributed by atoms with Gasteiger partial charge < -0.3 is 5.32 Å². The van der Waals surface area contributed by atoms with Gasteiger partial charge >= 0.3 is 0 Å². The molecule has 3 amide bonds. The predicted molar refractivity (Wildman–Crippen MR) is 114 cm³/mol. The van der Waals surface area contributed by atoms with E-state index >= 15 is 0 Å². The molecule has 2 aromatic rings. The van der Waals surface area contributed by atoms with Crippen LogP contribution in [0.3, 0.4) is 0 Å². The molecule has 2 aromatic carbocycles. The van der Waals surface area contributed by atoms with Gasteiger partial charge in [0.15, 0.2) is 0 Å². The standard InChI is InChI=1S/C20H20Cl3N3O3/c1-11(2)8-17(24-19(28)15-7-6-14(22)10-16(15)23)20(29)26-25-18(27)12-4-3-5-13(21)9-12/h3-7,9-11,17H,8H2,1-2H3,(H,24,28)(H,25,27)(H,26,29). The van der Waals surface area contributed by atoms with E-state index in [0.717, 1.165) is 0 Å². The first kappa shape index (κ1) is 23.0. The summed E-state index contributed by atoms with van der Waals surface area (Å²) in [4.78, 5) is 37.3. The van der Waals surface area contributed by atoms with Gasteiger partial charge in [-0.15, -0.1) is 0 Å². The van der Waals surface area contributed by atoms with Crippen LogP contribution in [0.4, 0.5) is 0 Å². The Morgan fingerprint density at radius 3 is 2.21 bits per heavy atom. The third-order valence-electron chi connectivity index (χ3n) is 3.89. The highest BCUT2D eigenvalue weighted by Gasteiger charge is 2.24. The molecule has 0 aromatic heterocycles. The van der Waals surface area contributed by atoms with Gasteiger partial charge in [0.25, 0.3) is 17.7 Å². The number of hydrazine groups is 1. The van der Waals surface area contributed by atoms with Crippen molar-refractivity contribution in [3.63, 3.8) is 0 Å². The Balaban J connectivity index is 2.05. The molecule has 1 unspecified atom stereocenters. The zero-order chi connectivity index (χ0) is 21.6. The minimum atomic E-state index is -0.881. The lowest BCUT2D eigenvalue weighted by Gasteiger charge is -2.20. The first-order valence-corrected chi connectivity index (χ1v) is 9.92. The summed E-state index contributed by atoms with van der Waals surface area (Å²) in [6.07, 6.45) is 0.357. The van der Waals surface area contributed by atoms with Gasteiger partial charge in [-0.1, -0.05) is 54.7 Å². The molecule has 0 aliphatic rings. The molecule has 2 rings (SSSR count). The van der Waals surface area contributed by atoms with E-state index in [9.17, 15) is 14.4 Å². The highest BCUT2D eigenvalue weighted by Crippen LogP contribution is 2.21. The normalized spacial score (nSPS) is 11.7. The molecular formula is C20H20Cl3N3O3. The first-order valence-electron chi connectivity index (χ1n) is 8.79. The number of hydrogen-bond acceptors (Lipinski definition) is 3. The number of carbonyl (C=O) groups is 3. The third kappa shape index (κ3) is 6.92. The van der Waals surface area contributed by atoms with Gasteiger partial charge in [-0.2, -0.15) is 0 Å². The lowest BCUT2D eigenvalue weighted by atomic mass is 10.0. The fraction of sp³-hybridized carbons (Fsp3) is 0.250. The minimum absolute atomic E-state index is 0.107. The summed E-state index contributed by atoms with van der Waals surface area (Å²) >= 11 is 17.8. The van der Waals surface area contributed by atoms with Crippen molar-refractivity contribution in [2.24, 2.45) is 5.92 Å². The van der Waals surface area contributed by atoms with Crippen LogP contribution in [0.15, 0.2) is 42.5 Å². The minimum Gasteiger partial charge on any atom is -0.340 e. The van der Waals surface area contributed by atoms with Crippen LogP contribution >= 0.6 is 34.8 Å². The van der Waals surface area contributed by atoms with Crippen LogP contribution in [-0.2, 0) is 4.79 Å². The highest BCUT2D eigenvalue weighted by molar-refractivity contribution is 6.36. The van der Waals surface area contributed by atoms with Crippen LogP contribution < -0.4 is 16.2 Å². The number of halogens is 3. The fourth-order valence-corrected chi connectivity index (χ4v) is 3.20. The second-order valence-electron chi connectivity index (χ2n) is 6.73. The number of nitrogens with one attached hydrogen (secondary N) is 3. The second kappa shape index (κ2) is 10.5. The van der Waals surface area contributed by atoms with E-state index in [4.69, 9.17) is 34.8 Å². The van der Waals surface area contributed by atoms with Crippen LogP contribution in [0.25, 0.3) is 0 Å². The van der Waals surface area contributed by atoms with Crippen molar-refractivity contribution in [1.82, 2.24) is 16.2 Å². The van der Waals surface area contributed by atoms with Gasteiger partial charge in [0, 0.05) is 15.6 Å². The van der Waals surface area contributed by atoms with Crippen LogP contribution in [0.5, 0.6) is 0 Å². The van der Waals surface area contributed by atoms with Crippen LogP contribution in [0.2, 0.25) is 15.1 Å². The summed E-state index contributed by atoms with van der Waals surface area (Å²) in [5.41, 5.74) is 5.14. The lowest BCUT2D eigenvalue weighted by Crippen LogP contribution is -2.52. The van der Waals surface area contributed by atoms with Gasteiger partial charge in [0.05, 0.1) is 10.6 Å². The van der Waals surface area contributed by atoms with Gasteiger partial charge in [0.2, 0.25) is 0 Å². The first-order chi connectivity index (χ1) is 13.7. The van der Waals surface area contributed by atoms with Crippen molar-refractivity contribution in [2.75, 3.05) is 0 Å². The molecule has 0 fully saturated rings. The Bertz CT molecular complexity index is 919. The molecule has 0 radical (unpaired) electrons. The van der Waals surface area contributed by atoms with Crippen molar-refractivity contribution in [3.05, 3.63) is 68.7 Å². The smallest absolute Gasteiger partial charge is 0.269 e. The SMILES string of the molecule is CC(C)CC(NC(=O)c1ccc(Cl)cc1Cl)C(=O)NNC(=O)c1cccc(Cl)c1. The number of carbonyl (C=O) groups excluding carboxylic acids is 3. The predicted octanol–water partition coefficient (Wildman–Crippen LogP) is 4.25. The molecule has 154 valence electrons. The molecule has 3 N–H and O–H groups in total. The van der Waals surface area contributed by atoms with Gasteiger partial charge in [0.1, 0.15) is 6.04 Å². The zero-order valence-corrected chi connectivity index (χ0v) is 18.0. The molecule has 0 aliphatic carbocycles. The zero-order valence-electron chi connectivity index (χ0n) is 15.8. The van der Waals surface area contributed by atoms with Crippen molar-refractivity contribution in [3.8, 4) is 0 Å². The molecule has 0 saturated heterocycles. The Morgan fingerprint density at radius 2 is 1.59 bits per heavy atom. The third-order valence-corrected chi connectivity index (χ3v) is 4.67. The molecule has 0 spiro atoms. The summed E-state index contributed by atoms with van der Waals surface area (Å²) in [6.45, 7) is 3.82. The topological polar surface area (TPSA) is 87.3 Å². The largest absolute Gasteiger partial charge is 0.340 e. The molecule has 0 heterocycles. The summed E-state index contributed by atoms with van der Waals surface area (Å²) in [5, 5.41) is 3.61. The molecule has 0 bridgehead atoms. The molecule has 0 aliphatic heterocycles. The Labute approximate surface area is 183 Å². The number of hydrogen-bond donors (Lipinski definition) is 3. The van der Waals surface area contributed by atoms with Crippen molar-refractivity contribution < 1.29 is 14.4 Å². The van der Waals surface area contributed by atoms with Crippen LogP contribution in [0.1, 0.15) is 41.0 Å². The summed E-state index contributed by atoms with van der Waals surface area (Å²) < 4.78 is 0. The monoisotopic (exact) mass is 455 g/mol. The maximum absolute atomic E-state index is 12.6. The number of amides is 3. The Kier molecular flexibility index (Phi) is 8.32. The van der Waals surface area contributed by atoms with E-state index in [2.05, 4.69) is 16.2 Å². The van der Waals surface area contributed by atoms with Gasteiger partial charge in [-0.25, -0.2) is 0 Å². The average Bonchev–Trinajstić information content (AvgIpc) is 2.64. The molecule has 0 saturated carbocycles. The molecule has 1 atom stereocenters. The van der Waals surface area contributed by atoms with Crippen LogP contribution in [-0.4, -0.2) is 23.8 Å². The molecule has 9 heteroatoms. The maximum atomic E-state index is 12.6. The second-order valence-corrected chi connectivity index (χ2v) is 8.01. The van der Waals surface area contributed by atoms with E-state index in [0.29, 0.717) is 16.5 Å². The average molecular weight is 457 g/mol.